The van der Waals surface area contributed by atoms with Gasteiger partial charge in [0.15, 0.2) is 5.82 Å². The molecule has 31 heavy (non-hydrogen) atoms. The van der Waals surface area contributed by atoms with Crippen molar-refractivity contribution in [2.45, 2.75) is 13.5 Å². The number of hydrogen-bond donors (Lipinski definition) is 1. The van der Waals surface area contributed by atoms with Crippen LogP contribution in [0.2, 0.25) is 5.02 Å². The van der Waals surface area contributed by atoms with Crippen molar-refractivity contribution in [1.29, 1.82) is 0 Å². The molecule has 0 saturated carbocycles. The van der Waals surface area contributed by atoms with Crippen molar-refractivity contribution in [2.24, 2.45) is 0 Å². The molecule has 1 N–H and O–H groups in total. The van der Waals surface area contributed by atoms with E-state index < -0.39 is 0 Å². The number of amides is 1. The Morgan fingerprint density at radius 2 is 1.81 bits per heavy atom. The van der Waals surface area contributed by atoms with Gasteiger partial charge in [-0.2, -0.15) is 4.98 Å². The lowest BCUT2D eigenvalue weighted by atomic mass is 10.1. The van der Waals surface area contributed by atoms with Gasteiger partial charge >= 0.3 is 0 Å². The van der Waals surface area contributed by atoms with Gasteiger partial charge in [0.05, 0.1) is 0 Å². The molecule has 4 rings (SSSR count). The van der Waals surface area contributed by atoms with Crippen LogP contribution in [0.4, 0.5) is 0 Å². The van der Waals surface area contributed by atoms with Crippen molar-refractivity contribution in [2.75, 3.05) is 0 Å². The maximum Gasteiger partial charge on any atom is 0.251 e. The van der Waals surface area contributed by atoms with Gasteiger partial charge in [-0.25, -0.2) is 4.98 Å². The molecule has 0 fully saturated rings. The number of aryl methyl sites for hydroxylation is 1. The molecular formula is C25H20ClN3O2. The topological polar surface area (TPSA) is 64.1 Å². The molecule has 0 aliphatic heterocycles. The largest absolute Gasteiger partial charge is 0.439 e. The van der Waals surface area contributed by atoms with Gasteiger partial charge in [-0.15, -0.1) is 0 Å². The van der Waals surface area contributed by atoms with E-state index in [2.05, 4.69) is 15.3 Å². The van der Waals surface area contributed by atoms with E-state index in [1.807, 2.05) is 43.3 Å². The van der Waals surface area contributed by atoms with Crippen molar-refractivity contribution in [3.8, 4) is 23.0 Å². The number of carbonyl (C=O) groups excluding carboxylic acids is 1. The van der Waals surface area contributed by atoms with Crippen LogP contribution >= 0.6 is 11.6 Å². The van der Waals surface area contributed by atoms with Crippen molar-refractivity contribution < 1.29 is 9.53 Å². The highest BCUT2D eigenvalue weighted by Crippen LogP contribution is 2.23. The quantitative estimate of drug-likeness (QED) is 0.419. The number of benzene rings is 3. The first-order chi connectivity index (χ1) is 15.1. The summed E-state index contributed by atoms with van der Waals surface area (Å²) in [6.07, 6.45) is 1.66. The van der Waals surface area contributed by atoms with Crippen LogP contribution in [-0.4, -0.2) is 15.9 Å². The van der Waals surface area contributed by atoms with Crippen LogP contribution in [0.5, 0.6) is 11.6 Å². The number of ether oxygens (including phenoxy) is 1. The lowest BCUT2D eigenvalue weighted by Crippen LogP contribution is -2.22. The standard InChI is InChI=1S/C25H20ClN3O2/c1-17-4-2-5-19(14-17)24-27-13-12-23(29-24)31-22-7-3-6-20(15-22)25(30)28-16-18-8-10-21(26)11-9-18/h2-15H,16H2,1H3,(H,28,30). The molecule has 6 heteroatoms. The Kier molecular flexibility index (Phi) is 6.24. The Morgan fingerprint density at radius 3 is 2.61 bits per heavy atom. The van der Waals surface area contributed by atoms with Crippen LogP contribution in [0.15, 0.2) is 85.1 Å². The Balaban J connectivity index is 1.45. The number of aromatic nitrogens is 2. The summed E-state index contributed by atoms with van der Waals surface area (Å²) >= 11 is 5.90. The zero-order valence-electron chi connectivity index (χ0n) is 16.9. The molecule has 5 nitrogen and oxygen atoms in total. The average Bonchev–Trinajstić information content (AvgIpc) is 2.79. The number of rotatable bonds is 6. The molecule has 0 aliphatic rings. The van der Waals surface area contributed by atoms with Crippen molar-refractivity contribution >= 4 is 17.5 Å². The summed E-state index contributed by atoms with van der Waals surface area (Å²) in [7, 11) is 0. The van der Waals surface area contributed by atoms with Crippen LogP contribution < -0.4 is 10.1 Å². The summed E-state index contributed by atoms with van der Waals surface area (Å²) in [4.78, 5) is 21.4. The highest BCUT2D eigenvalue weighted by molar-refractivity contribution is 6.30. The molecule has 0 atom stereocenters. The van der Waals surface area contributed by atoms with E-state index in [1.54, 1.807) is 48.7 Å². The third-order valence-corrected chi connectivity index (χ3v) is 4.84. The number of nitrogens with zero attached hydrogens (tertiary/aromatic N) is 2. The zero-order valence-corrected chi connectivity index (χ0v) is 17.6. The molecular weight excluding hydrogens is 410 g/mol. The monoisotopic (exact) mass is 429 g/mol. The lowest BCUT2D eigenvalue weighted by Gasteiger charge is -2.09. The Bertz CT molecular complexity index is 1210. The average molecular weight is 430 g/mol. The second-order valence-electron chi connectivity index (χ2n) is 7.03. The highest BCUT2D eigenvalue weighted by Gasteiger charge is 2.09. The molecule has 3 aromatic carbocycles. The molecule has 4 aromatic rings. The third kappa shape index (κ3) is 5.47. The summed E-state index contributed by atoms with van der Waals surface area (Å²) in [6, 6.07) is 24.0. The number of hydrogen-bond acceptors (Lipinski definition) is 4. The minimum Gasteiger partial charge on any atom is -0.439 e. The van der Waals surface area contributed by atoms with Gasteiger partial charge in [0.2, 0.25) is 5.88 Å². The number of carbonyl (C=O) groups is 1. The Hall–Kier alpha value is -3.70. The van der Waals surface area contributed by atoms with Crippen LogP contribution in [0.3, 0.4) is 0 Å². The Labute approximate surface area is 185 Å². The summed E-state index contributed by atoms with van der Waals surface area (Å²) in [5, 5.41) is 3.56. The summed E-state index contributed by atoms with van der Waals surface area (Å²) in [5.41, 5.74) is 3.51. The second kappa shape index (κ2) is 9.41. The normalized spacial score (nSPS) is 10.5. The maximum absolute atomic E-state index is 12.5. The van der Waals surface area contributed by atoms with Gasteiger partial charge in [0.1, 0.15) is 5.75 Å². The van der Waals surface area contributed by atoms with Crippen LogP contribution in [0.25, 0.3) is 11.4 Å². The molecule has 1 amide bonds. The molecule has 1 heterocycles. The highest BCUT2D eigenvalue weighted by atomic mass is 35.5. The van der Waals surface area contributed by atoms with E-state index in [4.69, 9.17) is 16.3 Å². The summed E-state index contributed by atoms with van der Waals surface area (Å²) in [6.45, 7) is 2.43. The number of nitrogens with one attached hydrogen (secondary N) is 1. The van der Waals surface area contributed by atoms with Crippen molar-refractivity contribution in [3.05, 3.63) is 107 Å². The number of halogens is 1. The van der Waals surface area contributed by atoms with E-state index in [-0.39, 0.29) is 5.91 Å². The fraction of sp³-hybridized carbons (Fsp3) is 0.0800. The molecule has 1 aromatic heterocycles. The fourth-order valence-corrected chi connectivity index (χ4v) is 3.16. The van der Waals surface area contributed by atoms with Crippen LogP contribution in [0, 0.1) is 6.92 Å². The van der Waals surface area contributed by atoms with Gasteiger partial charge in [0, 0.05) is 35.0 Å². The minimum absolute atomic E-state index is 0.191. The van der Waals surface area contributed by atoms with E-state index >= 15 is 0 Å². The van der Waals surface area contributed by atoms with Gasteiger partial charge in [-0.3, -0.25) is 4.79 Å². The first-order valence-corrected chi connectivity index (χ1v) is 10.2. The predicted octanol–water partition coefficient (Wildman–Crippen LogP) is 5.83. The maximum atomic E-state index is 12.5. The van der Waals surface area contributed by atoms with Gasteiger partial charge in [0.25, 0.3) is 5.91 Å². The Morgan fingerprint density at radius 1 is 1.00 bits per heavy atom. The van der Waals surface area contributed by atoms with E-state index in [0.717, 1.165) is 16.7 Å². The minimum atomic E-state index is -0.191. The first-order valence-electron chi connectivity index (χ1n) is 9.77. The van der Waals surface area contributed by atoms with E-state index in [9.17, 15) is 4.79 Å². The first kappa shape index (κ1) is 20.6. The molecule has 0 saturated heterocycles. The van der Waals surface area contributed by atoms with Crippen molar-refractivity contribution in [1.82, 2.24) is 15.3 Å². The molecule has 0 unspecified atom stereocenters. The summed E-state index contributed by atoms with van der Waals surface area (Å²) in [5.74, 6) is 1.32. The van der Waals surface area contributed by atoms with Gasteiger partial charge in [-0.1, -0.05) is 53.6 Å². The zero-order chi connectivity index (χ0) is 21.6. The molecule has 0 spiro atoms. The fourth-order valence-electron chi connectivity index (χ4n) is 3.03. The molecule has 0 bridgehead atoms. The van der Waals surface area contributed by atoms with E-state index in [1.165, 1.54) is 0 Å². The second-order valence-corrected chi connectivity index (χ2v) is 7.46. The molecule has 0 aliphatic carbocycles. The lowest BCUT2D eigenvalue weighted by molar-refractivity contribution is 0.0950. The third-order valence-electron chi connectivity index (χ3n) is 4.59. The summed E-state index contributed by atoms with van der Waals surface area (Å²) < 4.78 is 5.89. The van der Waals surface area contributed by atoms with Gasteiger partial charge in [-0.05, 0) is 48.9 Å². The van der Waals surface area contributed by atoms with Crippen molar-refractivity contribution in [3.63, 3.8) is 0 Å². The van der Waals surface area contributed by atoms with Crippen LogP contribution in [0.1, 0.15) is 21.5 Å². The van der Waals surface area contributed by atoms with Gasteiger partial charge < -0.3 is 10.1 Å². The smallest absolute Gasteiger partial charge is 0.251 e. The molecule has 154 valence electrons. The molecule has 0 radical (unpaired) electrons. The SMILES string of the molecule is Cc1cccc(-c2nccc(Oc3cccc(C(=O)NCc4ccc(Cl)cc4)c3)n2)c1. The van der Waals surface area contributed by atoms with E-state index in [0.29, 0.717) is 34.6 Å². The van der Waals surface area contributed by atoms with Crippen LogP contribution in [-0.2, 0) is 6.54 Å². The predicted molar refractivity (Wildman–Crippen MR) is 121 cm³/mol.